The quantitative estimate of drug-likeness (QED) is 0.651. The predicted octanol–water partition coefficient (Wildman–Crippen LogP) is 6.20. The molecule has 1 amide bonds. The molecule has 1 heterocycles. The van der Waals surface area contributed by atoms with Gasteiger partial charge in [-0.15, -0.1) is 0 Å². The van der Waals surface area contributed by atoms with Crippen LogP contribution in [0.1, 0.15) is 69.8 Å². The number of para-hydroxylation sites is 2. The number of carbonyl (C=O) groups is 1. The molecule has 0 aromatic heterocycles. The van der Waals surface area contributed by atoms with E-state index in [9.17, 15) is 9.90 Å². The lowest BCUT2D eigenvalue weighted by atomic mass is 9.86. The molecule has 0 spiro atoms. The third-order valence-electron chi connectivity index (χ3n) is 4.95. The summed E-state index contributed by atoms with van der Waals surface area (Å²) in [5, 5.41) is 11.2. The number of hydrogen-bond acceptors (Lipinski definition) is 4. The van der Waals surface area contributed by atoms with E-state index < -0.39 is 11.7 Å². The van der Waals surface area contributed by atoms with Gasteiger partial charge in [0.2, 0.25) is 0 Å². The zero-order chi connectivity index (χ0) is 22.5. The maximum absolute atomic E-state index is 12.3. The SMILES string of the molecule is CC.Cc1cccc2c1Oc1ccccc1C(CCN(C)C(=O)OC(C)(C)C)C2O. The van der Waals surface area contributed by atoms with Gasteiger partial charge in [-0.2, -0.15) is 0 Å². The van der Waals surface area contributed by atoms with E-state index in [0.29, 0.717) is 18.7 Å². The molecule has 2 aromatic rings. The number of aliphatic hydroxyl groups is 1. The fourth-order valence-electron chi connectivity index (χ4n) is 3.50. The molecule has 2 aromatic carbocycles. The largest absolute Gasteiger partial charge is 0.456 e. The monoisotopic (exact) mass is 413 g/mol. The highest BCUT2D eigenvalue weighted by molar-refractivity contribution is 5.67. The van der Waals surface area contributed by atoms with Crippen LogP contribution in [-0.2, 0) is 4.74 Å². The minimum Gasteiger partial charge on any atom is -0.456 e. The second kappa shape index (κ2) is 9.98. The van der Waals surface area contributed by atoms with Gasteiger partial charge in [0.1, 0.15) is 17.1 Å². The summed E-state index contributed by atoms with van der Waals surface area (Å²) in [4.78, 5) is 13.8. The molecule has 5 heteroatoms. The molecule has 1 N–H and O–H groups in total. The van der Waals surface area contributed by atoms with Crippen LogP contribution < -0.4 is 4.74 Å². The standard InChI is InChI=1S/C23H29NO4.C2H6/c1-15-9-8-11-18-20(25)17(13-14-24(5)22(26)28-23(2,3)4)16-10-6-7-12-19(16)27-21(15)18;1-2/h6-12,17,20,25H,13-14H2,1-5H3;1-2H3. The normalized spacial score (nSPS) is 17.3. The zero-order valence-electron chi connectivity index (χ0n) is 19.2. The third kappa shape index (κ3) is 5.54. The zero-order valence-corrected chi connectivity index (χ0v) is 19.2. The van der Waals surface area contributed by atoms with E-state index in [1.165, 1.54) is 0 Å². The Balaban J connectivity index is 0.00000155. The number of amides is 1. The van der Waals surface area contributed by atoms with Gasteiger partial charge in [0.15, 0.2) is 0 Å². The summed E-state index contributed by atoms with van der Waals surface area (Å²) in [5.41, 5.74) is 2.17. The molecular weight excluding hydrogens is 378 g/mol. The van der Waals surface area contributed by atoms with Crippen LogP contribution in [-0.4, -0.2) is 35.3 Å². The van der Waals surface area contributed by atoms with Gasteiger partial charge in [0, 0.05) is 30.6 Å². The Morgan fingerprint density at radius 1 is 1.10 bits per heavy atom. The van der Waals surface area contributed by atoms with Crippen LogP contribution in [0.25, 0.3) is 0 Å². The van der Waals surface area contributed by atoms with E-state index in [1.807, 2.05) is 84.0 Å². The second-order valence-corrected chi connectivity index (χ2v) is 8.38. The van der Waals surface area contributed by atoms with Crippen molar-refractivity contribution in [2.75, 3.05) is 13.6 Å². The topological polar surface area (TPSA) is 59.0 Å². The second-order valence-electron chi connectivity index (χ2n) is 8.38. The highest BCUT2D eigenvalue weighted by Crippen LogP contribution is 2.47. The Morgan fingerprint density at radius 3 is 2.40 bits per heavy atom. The lowest BCUT2D eigenvalue weighted by Gasteiger charge is -2.27. The maximum atomic E-state index is 12.3. The average Bonchev–Trinajstić information content (AvgIpc) is 2.82. The minimum absolute atomic E-state index is 0.191. The summed E-state index contributed by atoms with van der Waals surface area (Å²) in [5.74, 6) is 1.27. The van der Waals surface area contributed by atoms with E-state index in [4.69, 9.17) is 9.47 Å². The van der Waals surface area contributed by atoms with Crippen molar-refractivity contribution in [2.45, 2.75) is 65.6 Å². The van der Waals surface area contributed by atoms with Crippen LogP contribution in [0.2, 0.25) is 0 Å². The molecular formula is C25H35NO4. The maximum Gasteiger partial charge on any atom is 0.410 e. The molecule has 5 nitrogen and oxygen atoms in total. The Kier molecular flexibility index (Phi) is 7.90. The Labute approximate surface area is 180 Å². The van der Waals surface area contributed by atoms with Crippen molar-refractivity contribution >= 4 is 6.09 Å². The summed E-state index contributed by atoms with van der Waals surface area (Å²) < 4.78 is 11.6. The Hall–Kier alpha value is -2.53. The molecule has 0 saturated heterocycles. The van der Waals surface area contributed by atoms with Crippen molar-refractivity contribution in [1.82, 2.24) is 4.90 Å². The van der Waals surface area contributed by atoms with Crippen LogP contribution in [0.3, 0.4) is 0 Å². The average molecular weight is 414 g/mol. The molecule has 0 saturated carbocycles. The van der Waals surface area contributed by atoms with Crippen molar-refractivity contribution in [2.24, 2.45) is 0 Å². The van der Waals surface area contributed by atoms with Crippen LogP contribution in [0.4, 0.5) is 4.79 Å². The van der Waals surface area contributed by atoms with E-state index >= 15 is 0 Å². The highest BCUT2D eigenvalue weighted by Gasteiger charge is 2.32. The number of benzene rings is 2. The number of ether oxygens (including phenoxy) is 2. The van der Waals surface area contributed by atoms with Crippen LogP contribution in [0.5, 0.6) is 11.5 Å². The first-order chi connectivity index (χ1) is 14.2. The Morgan fingerprint density at radius 2 is 1.73 bits per heavy atom. The fourth-order valence-corrected chi connectivity index (χ4v) is 3.50. The van der Waals surface area contributed by atoms with Crippen molar-refractivity contribution in [1.29, 1.82) is 0 Å². The number of aliphatic hydroxyl groups excluding tert-OH is 1. The first-order valence-electron chi connectivity index (χ1n) is 10.7. The Bertz CT molecular complexity index is 856. The molecule has 2 atom stereocenters. The number of rotatable bonds is 3. The molecule has 164 valence electrons. The molecule has 0 radical (unpaired) electrons. The summed E-state index contributed by atoms with van der Waals surface area (Å²) in [7, 11) is 1.72. The first-order valence-corrected chi connectivity index (χ1v) is 10.7. The van der Waals surface area contributed by atoms with Gasteiger partial charge in [-0.05, 0) is 45.7 Å². The van der Waals surface area contributed by atoms with Gasteiger partial charge >= 0.3 is 6.09 Å². The first kappa shape index (κ1) is 23.7. The van der Waals surface area contributed by atoms with Crippen molar-refractivity contribution < 1.29 is 19.4 Å². The van der Waals surface area contributed by atoms with Crippen molar-refractivity contribution in [3.8, 4) is 11.5 Å². The number of fused-ring (bicyclic) bond motifs is 2. The number of hydrogen-bond donors (Lipinski definition) is 1. The van der Waals surface area contributed by atoms with Crippen molar-refractivity contribution in [3.05, 3.63) is 59.2 Å². The smallest absolute Gasteiger partial charge is 0.410 e. The van der Waals surface area contributed by atoms with E-state index in [2.05, 4.69) is 0 Å². The molecule has 0 aliphatic carbocycles. The lowest BCUT2D eigenvalue weighted by molar-refractivity contribution is 0.0282. The summed E-state index contributed by atoms with van der Waals surface area (Å²) >= 11 is 0. The van der Waals surface area contributed by atoms with Gasteiger partial charge in [-0.3, -0.25) is 0 Å². The van der Waals surface area contributed by atoms with Crippen LogP contribution in [0, 0.1) is 6.92 Å². The minimum atomic E-state index is -0.717. The number of nitrogens with zero attached hydrogens (tertiary/aromatic N) is 1. The third-order valence-corrected chi connectivity index (χ3v) is 4.95. The van der Waals surface area contributed by atoms with Gasteiger partial charge in [-0.25, -0.2) is 4.79 Å². The summed E-state index contributed by atoms with van der Waals surface area (Å²) in [6.07, 6.45) is -0.494. The van der Waals surface area contributed by atoms with Crippen molar-refractivity contribution in [3.63, 3.8) is 0 Å². The molecule has 30 heavy (non-hydrogen) atoms. The van der Waals surface area contributed by atoms with Gasteiger partial charge < -0.3 is 19.5 Å². The predicted molar refractivity (Wildman–Crippen MR) is 120 cm³/mol. The van der Waals surface area contributed by atoms with E-state index in [1.54, 1.807) is 11.9 Å². The molecule has 3 rings (SSSR count). The van der Waals surface area contributed by atoms with Gasteiger partial charge in [0.25, 0.3) is 0 Å². The highest BCUT2D eigenvalue weighted by atomic mass is 16.6. The lowest BCUT2D eigenvalue weighted by Crippen LogP contribution is -2.35. The van der Waals surface area contributed by atoms with Gasteiger partial charge in [0.05, 0.1) is 6.10 Å². The summed E-state index contributed by atoms with van der Waals surface area (Å²) in [6.45, 7) is 12.0. The molecule has 1 aliphatic heterocycles. The van der Waals surface area contributed by atoms with Crippen LogP contribution >= 0.6 is 0 Å². The van der Waals surface area contributed by atoms with E-state index in [-0.39, 0.29) is 12.0 Å². The molecule has 1 aliphatic rings. The molecule has 0 bridgehead atoms. The van der Waals surface area contributed by atoms with Gasteiger partial charge in [-0.1, -0.05) is 50.2 Å². The van der Waals surface area contributed by atoms with E-state index in [0.717, 1.165) is 22.4 Å². The molecule has 0 fully saturated rings. The molecule has 2 unspecified atom stereocenters. The number of aryl methyl sites for hydroxylation is 1. The fraction of sp³-hybridized carbons (Fsp3) is 0.480. The number of carbonyl (C=O) groups excluding carboxylic acids is 1. The summed E-state index contributed by atoms with van der Waals surface area (Å²) in [6, 6.07) is 13.6. The van der Waals surface area contributed by atoms with Crippen LogP contribution in [0.15, 0.2) is 42.5 Å².